The smallest absolute Gasteiger partial charge is 0.0885 e. The van der Waals surface area contributed by atoms with Crippen molar-refractivity contribution in [2.75, 3.05) is 0 Å². The second-order valence-electron chi connectivity index (χ2n) is 3.46. The van der Waals surface area contributed by atoms with Crippen LogP contribution in [0.5, 0.6) is 0 Å². The molecular formula is C11H16N2. The maximum atomic E-state index is 4.28. The van der Waals surface area contributed by atoms with Crippen molar-refractivity contribution in [1.82, 2.24) is 0 Å². The fourth-order valence-corrected chi connectivity index (χ4v) is 1.47. The van der Waals surface area contributed by atoms with E-state index in [-0.39, 0.29) is 0 Å². The molecule has 0 saturated carbocycles. The van der Waals surface area contributed by atoms with Gasteiger partial charge in [0.25, 0.3) is 0 Å². The van der Waals surface area contributed by atoms with E-state index in [2.05, 4.69) is 36.6 Å². The van der Waals surface area contributed by atoms with Crippen molar-refractivity contribution in [2.24, 2.45) is 15.9 Å². The van der Waals surface area contributed by atoms with Crippen molar-refractivity contribution in [1.29, 1.82) is 0 Å². The Morgan fingerprint density at radius 3 is 2.69 bits per heavy atom. The molecule has 70 valence electrons. The van der Waals surface area contributed by atoms with Gasteiger partial charge in [-0.05, 0) is 24.8 Å². The van der Waals surface area contributed by atoms with Gasteiger partial charge in [0.2, 0.25) is 0 Å². The largest absolute Gasteiger partial charge is 0.251 e. The zero-order valence-electron chi connectivity index (χ0n) is 8.76. The van der Waals surface area contributed by atoms with Gasteiger partial charge in [0.05, 0.1) is 11.9 Å². The third-order valence-electron chi connectivity index (χ3n) is 2.15. The van der Waals surface area contributed by atoms with E-state index in [0.717, 1.165) is 17.8 Å². The molecule has 0 N–H and O–H groups in total. The Kier molecular flexibility index (Phi) is 3.21. The molecule has 0 bridgehead atoms. The first-order chi connectivity index (χ1) is 6.16. The van der Waals surface area contributed by atoms with E-state index in [4.69, 9.17) is 0 Å². The number of allylic oxidation sites excluding steroid dienone is 2. The average Bonchev–Trinajstić information content (AvgIpc) is 2.26. The first-order valence-corrected chi connectivity index (χ1v) is 4.72. The fourth-order valence-electron chi connectivity index (χ4n) is 1.47. The highest BCUT2D eigenvalue weighted by Gasteiger charge is 2.11. The lowest BCUT2D eigenvalue weighted by atomic mass is 9.99. The van der Waals surface area contributed by atoms with Crippen molar-refractivity contribution in [3.05, 3.63) is 17.5 Å². The molecule has 0 saturated heterocycles. The van der Waals surface area contributed by atoms with Gasteiger partial charge in [-0.1, -0.05) is 20.8 Å². The van der Waals surface area contributed by atoms with Crippen molar-refractivity contribution in [2.45, 2.75) is 34.1 Å². The van der Waals surface area contributed by atoms with Crippen LogP contribution in [0, 0.1) is 5.92 Å². The number of aliphatic imine (C=N–C) groups is 2. The monoisotopic (exact) mass is 176 g/mol. The maximum absolute atomic E-state index is 4.28. The molecular weight excluding hydrogens is 160 g/mol. The summed E-state index contributed by atoms with van der Waals surface area (Å²) in [4.78, 5) is 8.52. The predicted molar refractivity (Wildman–Crippen MR) is 57.3 cm³/mol. The van der Waals surface area contributed by atoms with E-state index in [1.165, 1.54) is 5.57 Å². The summed E-state index contributed by atoms with van der Waals surface area (Å²) >= 11 is 0. The van der Waals surface area contributed by atoms with Crippen LogP contribution in [0.3, 0.4) is 0 Å². The molecule has 0 aliphatic carbocycles. The van der Waals surface area contributed by atoms with Crippen LogP contribution in [0.1, 0.15) is 34.1 Å². The summed E-state index contributed by atoms with van der Waals surface area (Å²) in [6, 6.07) is 0. The van der Waals surface area contributed by atoms with Crippen LogP contribution in [0.2, 0.25) is 0 Å². The minimum Gasteiger partial charge on any atom is -0.251 e. The lowest BCUT2D eigenvalue weighted by Crippen LogP contribution is -2.03. The lowest BCUT2D eigenvalue weighted by Gasteiger charge is -2.10. The highest BCUT2D eigenvalue weighted by atomic mass is 14.8. The van der Waals surface area contributed by atoms with Gasteiger partial charge in [0.1, 0.15) is 0 Å². The molecule has 1 aliphatic heterocycles. The standard InChI is InChI=1S/C11H16N2/c1-5-10-9(4)12-6-7-13-11(10)8(2)3/h6,8H,5H2,1-4H3. The summed E-state index contributed by atoms with van der Waals surface area (Å²) in [6.07, 6.45) is 2.63. The third-order valence-corrected chi connectivity index (χ3v) is 2.15. The number of nitrogens with zero attached hydrogens (tertiary/aromatic N) is 2. The van der Waals surface area contributed by atoms with Crippen LogP contribution in [-0.4, -0.2) is 11.6 Å². The van der Waals surface area contributed by atoms with E-state index >= 15 is 0 Å². The topological polar surface area (TPSA) is 24.7 Å². The van der Waals surface area contributed by atoms with Crippen LogP contribution in [-0.2, 0) is 0 Å². The molecule has 0 aromatic heterocycles. The summed E-state index contributed by atoms with van der Waals surface area (Å²) in [7, 11) is 0. The quantitative estimate of drug-likeness (QED) is 0.618. The third kappa shape index (κ3) is 2.16. The average molecular weight is 176 g/mol. The minimum atomic E-state index is 0.444. The van der Waals surface area contributed by atoms with Gasteiger partial charge in [0, 0.05) is 11.6 Å². The van der Waals surface area contributed by atoms with E-state index in [9.17, 15) is 0 Å². The van der Waals surface area contributed by atoms with E-state index in [0.29, 0.717) is 5.92 Å². The molecule has 13 heavy (non-hydrogen) atoms. The van der Waals surface area contributed by atoms with Crippen LogP contribution in [0.25, 0.3) is 0 Å². The van der Waals surface area contributed by atoms with E-state index < -0.39 is 0 Å². The predicted octanol–water partition coefficient (Wildman–Crippen LogP) is 2.96. The first-order valence-electron chi connectivity index (χ1n) is 4.72. The van der Waals surface area contributed by atoms with E-state index in [1.54, 1.807) is 6.20 Å². The van der Waals surface area contributed by atoms with Crippen LogP contribution in [0.15, 0.2) is 27.5 Å². The Balaban J connectivity index is 3.20. The molecule has 2 heteroatoms. The molecule has 0 amide bonds. The molecule has 0 aromatic carbocycles. The maximum Gasteiger partial charge on any atom is 0.0885 e. The summed E-state index contributed by atoms with van der Waals surface area (Å²) in [6.45, 7) is 8.46. The fraction of sp³-hybridized carbons (Fsp3) is 0.545. The Hall–Kier alpha value is -1.14. The van der Waals surface area contributed by atoms with Crippen molar-refractivity contribution in [3.63, 3.8) is 0 Å². The molecule has 1 rings (SSSR count). The van der Waals surface area contributed by atoms with Gasteiger partial charge >= 0.3 is 0 Å². The van der Waals surface area contributed by atoms with Crippen LogP contribution < -0.4 is 0 Å². The van der Waals surface area contributed by atoms with Crippen molar-refractivity contribution in [3.8, 4) is 0 Å². The Morgan fingerprint density at radius 2 is 2.15 bits per heavy atom. The highest BCUT2D eigenvalue weighted by Crippen LogP contribution is 2.20. The summed E-state index contributed by atoms with van der Waals surface area (Å²) in [5.74, 6) is 3.27. The van der Waals surface area contributed by atoms with Gasteiger partial charge in [-0.25, -0.2) is 4.99 Å². The molecule has 2 nitrogen and oxygen atoms in total. The van der Waals surface area contributed by atoms with E-state index in [1.807, 2.05) is 6.92 Å². The highest BCUT2D eigenvalue weighted by molar-refractivity contribution is 6.00. The van der Waals surface area contributed by atoms with Gasteiger partial charge in [-0.15, -0.1) is 0 Å². The summed E-state index contributed by atoms with van der Waals surface area (Å²) in [5.41, 5.74) is 3.45. The molecule has 0 atom stereocenters. The van der Waals surface area contributed by atoms with Gasteiger partial charge < -0.3 is 0 Å². The number of rotatable bonds is 2. The molecule has 1 heterocycles. The summed E-state index contributed by atoms with van der Waals surface area (Å²) in [5, 5.41) is 0. The molecule has 0 unspecified atom stereocenters. The molecule has 0 radical (unpaired) electrons. The number of hydrogen-bond donors (Lipinski definition) is 0. The van der Waals surface area contributed by atoms with Crippen LogP contribution in [0.4, 0.5) is 0 Å². The SMILES string of the molecule is CCC1=C(C(C)C)N=C=CN=C1C. The van der Waals surface area contributed by atoms with Gasteiger partial charge in [-0.3, -0.25) is 4.99 Å². The normalized spacial score (nSPS) is 16.5. The van der Waals surface area contributed by atoms with Crippen LogP contribution >= 0.6 is 0 Å². The lowest BCUT2D eigenvalue weighted by molar-refractivity contribution is 0.747. The second-order valence-corrected chi connectivity index (χ2v) is 3.46. The van der Waals surface area contributed by atoms with Gasteiger partial charge in [-0.2, -0.15) is 0 Å². The van der Waals surface area contributed by atoms with Crippen molar-refractivity contribution < 1.29 is 0 Å². The van der Waals surface area contributed by atoms with Gasteiger partial charge in [0.15, 0.2) is 0 Å². The number of hydrogen-bond acceptors (Lipinski definition) is 2. The first kappa shape index (κ1) is 9.94. The molecule has 1 aliphatic rings. The Morgan fingerprint density at radius 1 is 1.46 bits per heavy atom. The molecule has 0 aromatic rings. The van der Waals surface area contributed by atoms with Crippen molar-refractivity contribution >= 4 is 11.6 Å². The Bertz CT molecular complexity index is 313. The zero-order chi connectivity index (χ0) is 9.84. The zero-order valence-corrected chi connectivity index (χ0v) is 8.76. The Labute approximate surface area is 79.8 Å². The minimum absolute atomic E-state index is 0.444. The molecule has 0 fully saturated rings. The molecule has 0 spiro atoms. The second kappa shape index (κ2) is 4.20. The summed E-state index contributed by atoms with van der Waals surface area (Å²) < 4.78 is 0.